The summed E-state index contributed by atoms with van der Waals surface area (Å²) >= 11 is 0. The van der Waals surface area contributed by atoms with E-state index in [1.807, 2.05) is 0 Å². The van der Waals surface area contributed by atoms with Crippen molar-refractivity contribution in [3.63, 3.8) is 0 Å². The highest BCUT2D eigenvalue weighted by Crippen LogP contribution is 2.53. The van der Waals surface area contributed by atoms with Crippen LogP contribution < -0.4 is 4.90 Å². The van der Waals surface area contributed by atoms with Crippen LogP contribution in [0.2, 0.25) is 0 Å². The van der Waals surface area contributed by atoms with Crippen molar-refractivity contribution in [1.29, 1.82) is 0 Å². The topological polar surface area (TPSA) is 3.24 Å². The van der Waals surface area contributed by atoms with Crippen LogP contribution in [0.25, 0.3) is 54.9 Å². The minimum Gasteiger partial charge on any atom is -0.309 e. The van der Waals surface area contributed by atoms with E-state index in [9.17, 15) is 0 Å². The van der Waals surface area contributed by atoms with Gasteiger partial charge in [0, 0.05) is 22.2 Å². The van der Waals surface area contributed by atoms with Crippen molar-refractivity contribution in [3.05, 3.63) is 187 Å². The molecule has 262 valence electrons. The van der Waals surface area contributed by atoms with Crippen molar-refractivity contribution in [2.24, 2.45) is 0 Å². The van der Waals surface area contributed by atoms with Crippen molar-refractivity contribution in [2.45, 2.75) is 57.3 Å². The van der Waals surface area contributed by atoms with Gasteiger partial charge in [-0.15, -0.1) is 0 Å². The molecule has 1 heteroatoms. The lowest BCUT2D eigenvalue weighted by molar-refractivity contribution is 0.444. The van der Waals surface area contributed by atoms with Crippen molar-refractivity contribution in [2.75, 3.05) is 4.90 Å². The number of anilines is 3. The first-order valence-corrected chi connectivity index (χ1v) is 19.8. The SMILES string of the molecule is CC1(C)c2ccccc2-c2ccc(N(c3ccc(C4CCCCC4)cc3-c3ccccc3)c3ccc4ccccc4c3-c3cccc4ccccc34)cc21. The summed E-state index contributed by atoms with van der Waals surface area (Å²) in [6.45, 7) is 4.77. The van der Waals surface area contributed by atoms with Gasteiger partial charge in [-0.3, -0.25) is 0 Å². The minimum atomic E-state index is -0.122. The highest BCUT2D eigenvalue weighted by molar-refractivity contribution is 6.12. The summed E-state index contributed by atoms with van der Waals surface area (Å²) < 4.78 is 0. The second-order valence-electron chi connectivity index (χ2n) is 15.9. The standard InChI is InChI=1S/C53H45N/c1-53(2)48-27-14-13-25-44(48)45-31-30-41(35-49(45)53)54(50-32-29-40(36-16-5-3-6-17-36)34-47(50)38-18-7-4-8-19-38)51-33-28-39-21-10-12-24-43(39)52(51)46-26-15-22-37-20-9-11-23-42(37)46/h4,7-15,18-36H,3,5-6,16-17H2,1-2H3. The number of hydrogen-bond donors (Lipinski definition) is 0. The third-order valence-corrected chi connectivity index (χ3v) is 12.5. The van der Waals surface area contributed by atoms with Gasteiger partial charge in [0.2, 0.25) is 0 Å². The molecule has 8 aromatic carbocycles. The van der Waals surface area contributed by atoms with Crippen LogP contribution in [0.4, 0.5) is 17.1 Å². The molecule has 0 N–H and O–H groups in total. The summed E-state index contributed by atoms with van der Waals surface area (Å²) in [6.07, 6.45) is 6.53. The number of hydrogen-bond acceptors (Lipinski definition) is 1. The normalized spacial score (nSPS) is 14.9. The van der Waals surface area contributed by atoms with Crippen molar-refractivity contribution >= 4 is 38.6 Å². The maximum absolute atomic E-state index is 2.58. The van der Waals surface area contributed by atoms with Gasteiger partial charge in [0.25, 0.3) is 0 Å². The molecule has 0 radical (unpaired) electrons. The van der Waals surface area contributed by atoms with E-state index >= 15 is 0 Å². The smallest absolute Gasteiger partial charge is 0.0546 e. The molecule has 1 saturated carbocycles. The van der Waals surface area contributed by atoms with E-state index in [1.165, 1.54) is 121 Å². The molecule has 0 aromatic heterocycles. The van der Waals surface area contributed by atoms with Crippen LogP contribution in [-0.2, 0) is 5.41 Å². The monoisotopic (exact) mass is 695 g/mol. The molecule has 0 saturated heterocycles. The van der Waals surface area contributed by atoms with Gasteiger partial charge >= 0.3 is 0 Å². The largest absolute Gasteiger partial charge is 0.309 e. The Bertz CT molecular complexity index is 2670. The zero-order valence-electron chi connectivity index (χ0n) is 31.2. The lowest BCUT2D eigenvalue weighted by atomic mass is 9.82. The Morgan fingerprint density at radius 1 is 0.463 bits per heavy atom. The van der Waals surface area contributed by atoms with Gasteiger partial charge in [0.1, 0.15) is 0 Å². The Kier molecular flexibility index (Phi) is 7.99. The third kappa shape index (κ3) is 5.37. The van der Waals surface area contributed by atoms with E-state index in [0.717, 1.165) is 0 Å². The lowest BCUT2D eigenvalue weighted by Gasteiger charge is -2.33. The van der Waals surface area contributed by atoms with E-state index in [1.54, 1.807) is 0 Å². The maximum atomic E-state index is 2.58. The molecular formula is C53H45N. The molecule has 0 aliphatic heterocycles. The van der Waals surface area contributed by atoms with Crippen molar-refractivity contribution in [3.8, 4) is 33.4 Å². The number of benzene rings is 8. The van der Waals surface area contributed by atoms with Crippen LogP contribution in [0.3, 0.4) is 0 Å². The third-order valence-electron chi connectivity index (χ3n) is 12.5. The van der Waals surface area contributed by atoms with Gasteiger partial charge in [-0.05, 0) is 110 Å². The molecule has 1 nitrogen and oxygen atoms in total. The van der Waals surface area contributed by atoms with E-state index in [4.69, 9.17) is 0 Å². The Labute approximate surface area is 319 Å². The first-order chi connectivity index (χ1) is 26.6. The summed E-state index contributed by atoms with van der Waals surface area (Å²) in [5, 5.41) is 5.01. The average Bonchev–Trinajstić information content (AvgIpc) is 3.46. The summed E-state index contributed by atoms with van der Waals surface area (Å²) in [4.78, 5) is 2.58. The Morgan fingerprint density at radius 3 is 1.94 bits per heavy atom. The molecular weight excluding hydrogens is 651 g/mol. The zero-order chi connectivity index (χ0) is 36.2. The van der Waals surface area contributed by atoms with Crippen LogP contribution in [0, 0.1) is 0 Å². The van der Waals surface area contributed by atoms with Crippen LogP contribution in [-0.4, -0.2) is 0 Å². The number of fused-ring (bicyclic) bond motifs is 5. The second-order valence-corrected chi connectivity index (χ2v) is 15.9. The van der Waals surface area contributed by atoms with Gasteiger partial charge < -0.3 is 4.90 Å². The molecule has 2 aliphatic rings. The molecule has 0 bridgehead atoms. The van der Waals surface area contributed by atoms with Crippen LogP contribution in [0.1, 0.15) is 68.6 Å². The molecule has 54 heavy (non-hydrogen) atoms. The number of nitrogens with zero attached hydrogens (tertiary/aromatic N) is 1. The molecule has 2 aliphatic carbocycles. The first-order valence-electron chi connectivity index (χ1n) is 19.8. The molecule has 0 heterocycles. The molecule has 0 unspecified atom stereocenters. The van der Waals surface area contributed by atoms with Crippen LogP contribution in [0.15, 0.2) is 170 Å². The Morgan fingerprint density at radius 2 is 1.11 bits per heavy atom. The van der Waals surface area contributed by atoms with E-state index < -0.39 is 0 Å². The number of rotatable bonds is 6. The fourth-order valence-corrected chi connectivity index (χ4v) is 9.70. The van der Waals surface area contributed by atoms with Gasteiger partial charge in [-0.25, -0.2) is 0 Å². The second kappa shape index (κ2) is 13.2. The first kappa shape index (κ1) is 32.7. The average molecular weight is 696 g/mol. The predicted molar refractivity (Wildman–Crippen MR) is 230 cm³/mol. The summed E-state index contributed by atoms with van der Waals surface area (Å²) in [7, 11) is 0. The van der Waals surface area contributed by atoms with Crippen molar-refractivity contribution < 1.29 is 0 Å². The van der Waals surface area contributed by atoms with E-state index in [-0.39, 0.29) is 5.41 Å². The quantitative estimate of drug-likeness (QED) is 0.167. The van der Waals surface area contributed by atoms with Crippen molar-refractivity contribution in [1.82, 2.24) is 0 Å². The van der Waals surface area contributed by atoms with Gasteiger partial charge in [0.15, 0.2) is 0 Å². The summed E-state index contributed by atoms with van der Waals surface area (Å²) in [5.74, 6) is 0.606. The Hall–Kier alpha value is -5.92. The predicted octanol–water partition coefficient (Wildman–Crippen LogP) is 15.2. The van der Waals surface area contributed by atoms with Gasteiger partial charge in [0.05, 0.1) is 11.4 Å². The Balaban J connectivity index is 1.29. The highest BCUT2D eigenvalue weighted by Gasteiger charge is 2.36. The molecule has 1 fully saturated rings. The van der Waals surface area contributed by atoms with E-state index in [0.29, 0.717) is 5.92 Å². The van der Waals surface area contributed by atoms with Crippen LogP contribution >= 0.6 is 0 Å². The van der Waals surface area contributed by atoms with E-state index in [2.05, 4.69) is 189 Å². The fourth-order valence-electron chi connectivity index (χ4n) is 9.70. The molecule has 0 atom stereocenters. The van der Waals surface area contributed by atoms with Gasteiger partial charge in [-0.1, -0.05) is 173 Å². The summed E-state index contributed by atoms with van der Waals surface area (Å²) in [5.41, 5.74) is 15.4. The molecule has 8 aromatic rings. The maximum Gasteiger partial charge on any atom is 0.0546 e. The minimum absolute atomic E-state index is 0.122. The lowest BCUT2D eigenvalue weighted by Crippen LogP contribution is -2.17. The molecule has 0 spiro atoms. The molecule has 0 amide bonds. The zero-order valence-corrected chi connectivity index (χ0v) is 31.2. The molecule has 10 rings (SSSR count). The van der Waals surface area contributed by atoms with Crippen LogP contribution in [0.5, 0.6) is 0 Å². The van der Waals surface area contributed by atoms with Gasteiger partial charge in [-0.2, -0.15) is 0 Å². The highest BCUT2D eigenvalue weighted by atomic mass is 15.1. The summed E-state index contributed by atoms with van der Waals surface area (Å²) in [6, 6.07) is 63.9. The fraction of sp³-hybridized carbons (Fsp3) is 0.170.